The topological polar surface area (TPSA) is 12.0 Å². The summed E-state index contributed by atoms with van der Waals surface area (Å²) in [5.41, 5.74) is 4.24. The first kappa shape index (κ1) is 12.2. The highest BCUT2D eigenvalue weighted by Crippen LogP contribution is 2.65. The molecule has 1 N–H and O–H groups in total. The normalized spacial score (nSPS) is 23.4. The molecule has 1 heteroatoms. The van der Waals surface area contributed by atoms with Crippen LogP contribution in [0.2, 0.25) is 0 Å². The van der Waals surface area contributed by atoms with Crippen LogP contribution in [0.5, 0.6) is 0 Å². The molecule has 1 spiro atoms. The molecule has 1 aromatic rings. The Morgan fingerprint density at radius 1 is 1.17 bits per heavy atom. The second-order valence-corrected chi connectivity index (χ2v) is 6.58. The van der Waals surface area contributed by atoms with Crippen molar-refractivity contribution >= 4 is 0 Å². The molecule has 0 bridgehead atoms. The smallest absolute Gasteiger partial charge is 0.00909 e. The third-order valence-electron chi connectivity index (χ3n) is 5.27. The van der Waals surface area contributed by atoms with E-state index in [4.69, 9.17) is 0 Å². The zero-order chi connectivity index (χ0) is 12.6. The molecule has 0 unspecified atom stereocenters. The first-order valence-electron chi connectivity index (χ1n) is 7.47. The fraction of sp³-hybridized carbons (Fsp3) is 0.647. The van der Waals surface area contributed by atoms with Gasteiger partial charge in [0.25, 0.3) is 0 Å². The van der Waals surface area contributed by atoms with E-state index in [1.165, 1.54) is 37.7 Å². The standard InChI is InChI=1S/C17H25N/c1-3-18-13-17(11-16(12-17)9-6-10-16)15-8-5-4-7-14(15)2/h4-5,7-8,18H,3,6,9-13H2,1-2H3. The van der Waals surface area contributed by atoms with E-state index in [2.05, 4.69) is 43.4 Å². The van der Waals surface area contributed by atoms with Gasteiger partial charge in [-0.2, -0.15) is 0 Å². The van der Waals surface area contributed by atoms with Gasteiger partial charge in [0.2, 0.25) is 0 Å². The summed E-state index contributed by atoms with van der Waals surface area (Å²) in [5.74, 6) is 0. The maximum Gasteiger partial charge on any atom is 0.00909 e. The zero-order valence-corrected chi connectivity index (χ0v) is 11.8. The average molecular weight is 243 g/mol. The van der Waals surface area contributed by atoms with E-state index in [0.29, 0.717) is 5.41 Å². The van der Waals surface area contributed by atoms with Gasteiger partial charge in [-0.15, -0.1) is 0 Å². The van der Waals surface area contributed by atoms with Crippen LogP contribution < -0.4 is 5.32 Å². The molecule has 0 heterocycles. The van der Waals surface area contributed by atoms with Crippen molar-refractivity contribution in [3.8, 4) is 0 Å². The van der Waals surface area contributed by atoms with Gasteiger partial charge in [-0.3, -0.25) is 0 Å². The van der Waals surface area contributed by atoms with E-state index in [0.717, 1.165) is 18.5 Å². The number of benzene rings is 1. The Labute approximate surface area is 111 Å². The van der Waals surface area contributed by atoms with Crippen molar-refractivity contribution in [3.05, 3.63) is 35.4 Å². The lowest BCUT2D eigenvalue weighted by molar-refractivity contribution is -0.0483. The van der Waals surface area contributed by atoms with Crippen molar-refractivity contribution in [2.75, 3.05) is 13.1 Å². The predicted molar refractivity (Wildman–Crippen MR) is 76.9 cm³/mol. The molecular formula is C17H25N. The van der Waals surface area contributed by atoms with Gasteiger partial charge >= 0.3 is 0 Å². The van der Waals surface area contributed by atoms with Gasteiger partial charge in [-0.05, 0) is 55.7 Å². The van der Waals surface area contributed by atoms with Gasteiger partial charge < -0.3 is 5.32 Å². The van der Waals surface area contributed by atoms with Crippen molar-refractivity contribution in [2.24, 2.45) is 5.41 Å². The lowest BCUT2D eigenvalue weighted by Gasteiger charge is -2.62. The number of hydrogen-bond acceptors (Lipinski definition) is 1. The van der Waals surface area contributed by atoms with Gasteiger partial charge in [-0.25, -0.2) is 0 Å². The Morgan fingerprint density at radius 2 is 1.89 bits per heavy atom. The van der Waals surface area contributed by atoms with Crippen LogP contribution in [0.3, 0.4) is 0 Å². The average Bonchev–Trinajstić information content (AvgIpc) is 2.27. The highest BCUT2D eigenvalue weighted by Gasteiger charge is 2.57. The summed E-state index contributed by atoms with van der Waals surface area (Å²) in [5, 5.41) is 3.60. The molecule has 0 saturated heterocycles. The number of likely N-dealkylation sites (N-methyl/N-ethyl adjacent to an activating group) is 1. The third-order valence-corrected chi connectivity index (χ3v) is 5.27. The van der Waals surface area contributed by atoms with Crippen LogP contribution in [0.1, 0.15) is 50.2 Å². The highest BCUT2D eigenvalue weighted by molar-refractivity contribution is 5.38. The summed E-state index contributed by atoms with van der Waals surface area (Å²) < 4.78 is 0. The van der Waals surface area contributed by atoms with Crippen molar-refractivity contribution in [2.45, 2.75) is 51.4 Å². The van der Waals surface area contributed by atoms with Crippen LogP contribution in [0, 0.1) is 12.3 Å². The third kappa shape index (κ3) is 1.80. The molecule has 0 amide bonds. The first-order valence-corrected chi connectivity index (χ1v) is 7.47. The van der Waals surface area contributed by atoms with Crippen molar-refractivity contribution in [1.29, 1.82) is 0 Å². The fourth-order valence-electron chi connectivity index (χ4n) is 4.36. The van der Waals surface area contributed by atoms with E-state index in [9.17, 15) is 0 Å². The fourth-order valence-corrected chi connectivity index (χ4v) is 4.36. The molecule has 0 aromatic heterocycles. The Morgan fingerprint density at radius 3 is 2.44 bits per heavy atom. The minimum atomic E-state index is 0.432. The molecule has 2 saturated carbocycles. The van der Waals surface area contributed by atoms with Gasteiger partial charge in [0, 0.05) is 12.0 Å². The molecule has 0 atom stereocenters. The Bertz CT molecular complexity index is 423. The minimum absolute atomic E-state index is 0.432. The zero-order valence-electron chi connectivity index (χ0n) is 11.8. The van der Waals surface area contributed by atoms with Crippen LogP contribution >= 0.6 is 0 Å². The first-order chi connectivity index (χ1) is 8.70. The number of hydrogen-bond donors (Lipinski definition) is 1. The molecule has 1 aromatic carbocycles. The molecule has 0 radical (unpaired) electrons. The minimum Gasteiger partial charge on any atom is -0.316 e. The maximum absolute atomic E-state index is 3.60. The Kier molecular flexibility index (Phi) is 2.97. The van der Waals surface area contributed by atoms with Gasteiger partial charge in [0.15, 0.2) is 0 Å². The molecule has 98 valence electrons. The van der Waals surface area contributed by atoms with E-state index < -0.39 is 0 Å². The largest absolute Gasteiger partial charge is 0.316 e. The molecule has 0 aliphatic heterocycles. The van der Waals surface area contributed by atoms with E-state index in [1.54, 1.807) is 5.56 Å². The summed E-state index contributed by atoms with van der Waals surface area (Å²) in [7, 11) is 0. The number of aryl methyl sites for hydroxylation is 1. The molecule has 2 aliphatic rings. The molecule has 3 rings (SSSR count). The summed E-state index contributed by atoms with van der Waals surface area (Å²) in [6.45, 7) is 6.73. The number of nitrogens with one attached hydrogen (secondary N) is 1. The van der Waals surface area contributed by atoms with Crippen molar-refractivity contribution in [1.82, 2.24) is 5.32 Å². The lowest BCUT2D eigenvalue weighted by atomic mass is 9.43. The molecular weight excluding hydrogens is 218 g/mol. The quantitative estimate of drug-likeness (QED) is 0.848. The molecule has 2 fully saturated rings. The predicted octanol–water partition coefficient (Wildman–Crippen LogP) is 3.81. The van der Waals surface area contributed by atoms with Crippen LogP contribution in [0.4, 0.5) is 0 Å². The van der Waals surface area contributed by atoms with Gasteiger partial charge in [0.05, 0.1) is 0 Å². The van der Waals surface area contributed by atoms with Crippen LogP contribution in [0.25, 0.3) is 0 Å². The van der Waals surface area contributed by atoms with E-state index >= 15 is 0 Å². The van der Waals surface area contributed by atoms with Crippen molar-refractivity contribution < 1.29 is 0 Å². The van der Waals surface area contributed by atoms with Crippen LogP contribution in [-0.2, 0) is 5.41 Å². The van der Waals surface area contributed by atoms with Gasteiger partial charge in [0.1, 0.15) is 0 Å². The van der Waals surface area contributed by atoms with E-state index in [-0.39, 0.29) is 0 Å². The Hall–Kier alpha value is -0.820. The van der Waals surface area contributed by atoms with Crippen LogP contribution in [-0.4, -0.2) is 13.1 Å². The summed E-state index contributed by atoms with van der Waals surface area (Å²) >= 11 is 0. The lowest BCUT2D eigenvalue weighted by Crippen LogP contribution is -2.57. The summed E-state index contributed by atoms with van der Waals surface area (Å²) in [6, 6.07) is 9.01. The summed E-state index contributed by atoms with van der Waals surface area (Å²) in [4.78, 5) is 0. The van der Waals surface area contributed by atoms with E-state index in [1.807, 2.05) is 0 Å². The maximum atomic E-state index is 3.60. The SMILES string of the molecule is CCNCC1(c2ccccc2C)CC2(CCC2)C1. The molecule has 1 nitrogen and oxygen atoms in total. The molecule has 18 heavy (non-hydrogen) atoms. The monoisotopic (exact) mass is 243 g/mol. The second kappa shape index (κ2) is 4.38. The number of rotatable bonds is 4. The summed E-state index contributed by atoms with van der Waals surface area (Å²) in [6.07, 6.45) is 7.25. The highest BCUT2D eigenvalue weighted by atomic mass is 14.9. The Balaban J connectivity index is 1.85. The van der Waals surface area contributed by atoms with Crippen molar-refractivity contribution in [3.63, 3.8) is 0 Å². The molecule has 2 aliphatic carbocycles. The second-order valence-electron chi connectivity index (χ2n) is 6.58. The van der Waals surface area contributed by atoms with Crippen LogP contribution in [0.15, 0.2) is 24.3 Å². The van der Waals surface area contributed by atoms with Gasteiger partial charge in [-0.1, -0.05) is 37.6 Å².